The van der Waals surface area contributed by atoms with E-state index in [2.05, 4.69) is 44.8 Å². The highest BCUT2D eigenvalue weighted by Gasteiger charge is 2.16. The molecule has 1 heterocycles. The average Bonchev–Trinajstić information content (AvgIpc) is 3.14. The van der Waals surface area contributed by atoms with Gasteiger partial charge in [-0.25, -0.2) is 0 Å². The molecule has 4 heteroatoms. The van der Waals surface area contributed by atoms with Gasteiger partial charge in [0.05, 0.1) is 0 Å². The highest BCUT2D eigenvalue weighted by molar-refractivity contribution is 5.80. The van der Waals surface area contributed by atoms with E-state index in [9.17, 15) is 0 Å². The van der Waals surface area contributed by atoms with Crippen molar-refractivity contribution in [1.29, 1.82) is 0 Å². The van der Waals surface area contributed by atoms with Crippen LogP contribution < -0.4 is 10.6 Å². The maximum absolute atomic E-state index is 4.40. The quantitative estimate of drug-likeness (QED) is 0.644. The zero-order valence-corrected chi connectivity index (χ0v) is 15.1. The molecule has 0 radical (unpaired) electrons. The monoisotopic (exact) mass is 328 g/mol. The Hall–Kier alpha value is -1.55. The lowest BCUT2D eigenvalue weighted by atomic mass is 10.0. The van der Waals surface area contributed by atoms with Crippen molar-refractivity contribution in [3.63, 3.8) is 0 Å². The average molecular weight is 329 g/mol. The molecule has 1 aromatic carbocycles. The molecular formula is C20H32N4. The van der Waals surface area contributed by atoms with Crippen LogP contribution in [-0.4, -0.2) is 37.0 Å². The van der Waals surface area contributed by atoms with E-state index in [4.69, 9.17) is 0 Å². The first-order valence-electron chi connectivity index (χ1n) is 9.61. The van der Waals surface area contributed by atoms with Gasteiger partial charge in [-0.3, -0.25) is 9.89 Å². The van der Waals surface area contributed by atoms with Gasteiger partial charge in [0.15, 0.2) is 5.96 Å². The number of nitrogens with zero attached hydrogens (tertiary/aromatic N) is 2. The molecule has 0 unspecified atom stereocenters. The Morgan fingerprint density at radius 3 is 2.46 bits per heavy atom. The molecule has 4 nitrogen and oxygen atoms in total. The molecule has 1 saturated heterocycles. The molecule has 3 rings (SSSR count). The standard InChI is InChI=1S/C20H32N4/c1-21-20(23-19-11-5-6-12-19)22-15-17-9-3-4-10-18(17)16-24-13-7-2-8-14-24/h3-4,9-10,19H,2,5-8,11-16H2,1H3,(H2,21,22,23). The van der Waals surface area contributed by atoms with Crippen LogP contribution in [0, 0.1) is 0 Å². The van der Waals surface area contributed by atoms with Gasteiger partial charge >= 0.3 is 0 Å². The number of rotatable bonds is 5. The maximum atomic E-state index is 4.40. The SMILES string of the molecule is CN=C(NCc1ccccc1CN1CCCCC1)NC1CCCC1. The van der Waals surface area contributed by atoms with Crippen molar-refractivity contribution in [2.24, 2.45) is 4.99 Å². The zero-order valence-electron chi connectivity index (χ0n) is 15.1. The predicted octanol–water partition coefficient (Wildman–Crippen LogP) is 3.28. The summed E-state index contributed by atoms with van der Waals surface area (Å²) in [5, 5.41) is 7.08. The lowest BCUT2D eigenvalue weighted by Crippen LogP contribution is -2.42. The molecule has 0 aromatic heterocycles. The Bertz CT molecular complexity index is 528. The molecule has 0 spiro atoms. The van der Waals surface area contributed by atoms with Crippen molar-refractivity contribution in [1.82, 2.24) is 15.5 Å². The number of nitrogens with one attached hydrogen (secondary N) is 2. The third-order valence-electron chi connectivity index (χ3n) is 5.33. The molecule has 2 fully saturated rings. The van der Waals surface area contributed by atoms with Gasteiger partial charge in [0, 0.05) is 26.2 Å². The molecule has 0 bridgehead atoms. The minimum absolute atomic E-state index is 0.597. The molecule has 1 saturated carbocycles. The van der Waals surface area contributed by atoms with Crippen LogP contribution in [0.1, 0.15) is 56.1 Å². The lowest BCUT2D eigenvalue weighted by Gasteiger charge is -2.27. The van der Waals surface area contributed by atoms with Crippen LogP contribution in [0.15, 0.2) is 29.3 Å². The van der Waals surface area contributed by atoms with E-state index in [-0.39, 0.29) is 0 Å². The maximum Gasteiger partial charge on any atom is 0.191 e. The number of hydrogen-bond donors (Lipinski definition) is 2. The van der Waals surface area contributed by atoms with Gasteiger partial charge in [0.25, 0.3) is 0 Å². The molecule has 1 aromatic rings. The Morgan fingerprint density at radius 1 is 1.04 bits per heavy atom. The summed E-state index contributed by atoms with van der Waals surface area (Å²) < 4.78 is 0. The fourth-order valence-corrected chi connectivity index (χ4v) is 3.88. The highest BCUT2D eigenvalue weighted by Crippen LogP contribution is 2.18. The van der Waals surface area contributed by atoms with E-state index >= 15 is 0 Å². The minimum atomic E-state index is 0.597. The fraction of sp³-hybridized carbons (Fsp3) is 0.650. The second kappa shape index (κ2) is 9.07. The number of guanidine groups is 1. The van der Waals surface area contributed by atoms with Crippen molar-refractivity contribution in [2.45, 2.75) is 64.1 Å². The summed E-state index contributed by atoms with van der Waals surface area (Å²) in [6.07, 6.45) is 9.30. The lowest BCUT2D eigenvalue weighted by molar-refractivity contribution is 0.220. The number of likely N-dealkylation sites (tertiary alicyclic amines) is 1. The first kappa shape index (κ1) is 17.3. The smallest absolute Gasteiger partial charge is 0.191 e. The third kappa shape index (κ3) is 4.97. The molecule has 24 heavy (non-hydrogen) atoms. The molecule has 1 aliphatic heterocycles. The van der Waals surface area contributed by atoms with E-state index in [1.165, 1.54) is 69.2 Å². The van der Waals surface area contributed by atoms with Crippen molar-refractivity contribution < 1.29 is 0 Å². The summed E-state index contributed by atoms with van der Waals surface area (Å²) in [4.78, 5) is 6.99. The van der Waals surface area contributed by atoms with Crippen molar-refractivity contribution >= 4 is 5.96 Å². The molecule has 2 aliphatic rings. The van der Waals surface area contributed by atoms with Gasteiger partial charge in [-0.2, -0.15) is 0 Å². The van der Waals surface area contributed by atoms with E-state index < -0.39 is 0 Å². The van der Waals surface area contributed by atoms with Crippen LogP contribution in [0.5, 0.6) is 0 Å². The van der Waals surface area contributed by atoms with Crippen molar-refractivity contribution in [3.05, 3.63) is 35.4 Å². The van der Waals surface area contributed by atoms with Gasteiger partial charge in [0.2, 0.25) is 0 Å². The van der Waals surface area contributed by atoms with Crippen LogP contribution in [0.3, 0.4) is 0 Å². The van der Waals surface area contributed by atoms with Crippen LogP contribution in [-0.2, 0) is 13.1 Å². The van der Waals surface area contributed by atoms with Crippen LogP contribution in [0.4, 0.5) is 0 Å². The highest BCUT2D eigenvalue weighted by atomic mass is 15.2. The van der Waals surface area contributed by atoms with E-state index in [1.54, 1.807) is 0 Å². The second-order valence-electron chi connectivity index (χ2n) is 7.16. The van der Waals surface area contributed by atoms with Gasteiger partial charge in [-0.05, 0) is 49.9 Å². The molecule has 1 aliphatic carbocycles. The van der Waals surface area contributed by atoms with E-state index in [1.807, 2.05) is 7.05 Å². The van der Waals surface area contributed by atoms with Crippen LogP contribution >= 0.6 is 0 Å². The number of hydrogen-bond acceptors (Lipinski definition) is 2. The zero-order chi connectivity index (χ0) is 16.6. The molecule has 0 amide bonds. The summed E-state index contributed by atoms with van der Waals surface area (Å²) in [6.45, 7) is 4.41. The van der Waals surface area contributed by atoms with Crippen molar-refractivity contribution in [3.8, 4) is 0 Å². The number of piperidine rings is 1. The number of aliphatic imine (C=N–C) groups is 1. The molecule has 132 valence electrons. The van der Waals surface area contributed by atoms with Gasteiger partial charge in [-0.1, -0.05) is 43.5 Å². The third-order valence-corrected chi connectivity index (χ3v) is 5.33. The Kier molecular flexibility index (Phi) is 6.53. The summed E-state index contributed by atoms with van der Waals surface area (Å²) >= 11 is 0. The number of benzene rings is 1. The van der Waals surface area contributed by atoms with Crippen molar-refractivity contribution in [2.75, 3.05) is 20.1 Å². The fourth-order valence-electron chi connectivity index (χ4n) is 3.88. The molecule has 2 N–H and O–H groups in total. The first-order chi connectivity index (χ1) is 11.8. The minimum Gasteiger partial charge on any atom is -0.354 e. The van der Waals surface area contributed by atoms with Gasteiger partial charge in [0.1, 0.15) is 0 Å². The van der Waals surface area contributed by atoms with E-state index in [0.29, 0.717) is 6.04 Å². The van der Waals surface area contributed by atoms with E-state index in [0.717, 1.165) is 19.0 Å². The van der Waals surface area contributed by atoms with Crippen LogP contribution in [0.25, 0.3) is 0 Å². The topological polar surface area (TPSA) is 39.7 Å². The largest absolute Gasteiger partial charge is 0.354 e. The summed E-state index contributed by atoms with van der Waals surface area (Å²) in [7, 11) is 1.87. The Labute approximate surface area is 146 Å². The Morgan fingerprint density at radius 2 is 1.75 bits per heavy atom. The predicted molar refractivity (Wildman–Crippen MR) is 101 cm³/mol. The summed E-state index contributed by atoms with van der Waals surface area (Å²) in [5.74, 6) is 0.940. The van der Waals surface area contributed by atoms with Crippen LogP contribution in [0.2, 0.25) is 0 Å². The summed E-state index contributed by atoms with van der Waals surface area (Å²) in [6, 6.07) is 9.42. The molecule has 0 atom stereocenters. The molecular weight excluding hydrogens is 296 g/mol. The van der Waals surface area contributed by atoms with Gasteiger partial charge in [-0.15, -0.1) is 0 Å². The first-order valence-corrected chi connectivity index (χ1v) is 9.61. The Balaban J connectivity index is 1.55. The normalized spacial score (nSPS) is 20.3. The second-order valence-corrected chi connectivity index (χ2v) is 7.16. The summed E-state index contributed by atoms with van der Waals surface area (Å²) in [5.41, 5.74) is 2.83. The van der Waals surface area contributed by atoms with Gasteiger partial charge < -0.3 is 10.6 Å².